The lowest BCUT2D eigenvalue weighted by Gasteiger charge is -2.09. The average molecular weight is 278 g/mol. The van der Waals surface area contributed by atoms with E-state index in [1.807, 2.05) is 26.0 Å². The van der Waals surface area contributed by atoms with Crippen molar-refractivity contribution in [1.29, 1.82) is 5.26 Å². The Hall–Kier alpha value is -2.87. The lowest BCUT2D eigenvalue weighted by molar-refractivity contribution is 0.738. The molecule has 0 aliphatic heterocycles. The zero-order chi connectivity index (χ0) is 15.0. The monoisotopic (exact) mass is 278 g/mol. The van der Waals surface area contributed by atoms with E-state index in [0.717, 1.165) is 16.8 Å². The molecule has 0 saturated heterocycles. The van der Waals surface area contributed by atoms with Gasteiger partial charge in [-0.25, -0.2) is 4.52 Å². The molecule has 0 fully saturated rings. The maximum absolute atomic E-state index is 12.4. The van der Waals surface area contributed by atoms with E-state index >= 15 is 0 Å². The van der Waals surface area contributed by atoms with Crippen LogP contribution >= 0.6 is 0 Å². The molecule has 21 heavy (non-hydrogen) atoms. The van der Waals surface area contributed by atoms with E-state index in [1.54, 1.807) is 33.6 Å². The average Bonchev–Trinajstić information content (AvgIpc) is 2.85. The second-order valence-electron chi connectivity index (χ2n) is 5.10. The summed E-state index contributed by atoms with van der Waals surface area (Å²) in [6, 6.07) is 9.40. The van der Waals surface area contributed by atoms with Crippen molar-refractivity contribution in [1.82, 2.24) is 14.2 Å². The number of hydrogen-bond acceptors (Lipinski definition) is 3. The molecule has 0 radical (unpaired) electrons. The summed E-state index contributed by atoms with van der Waals surface area (Å²) in [5, 5.41) is 13.1. The Morgan fingerprint density at radius 3 is 2.76 bits per heavy atom. The maximum Gasteiger partial charge on any atom is 0.276 e. The molecular weight excluding hydrogens is 264 g/mol. The van der Waals surface area contributed by atoms with E-state index in [2.05, 4.69) is 11.2 Å². The van der Waals surface area contributed by atoms with Gasteiger partial charge in [-0.15, -0.1) is 0 Å². The third-order valence-corrected chi connectivity index (χ3v) is 3.54. The molecule has 0 amide bonds. The Labute approximate surface area is 121 Å². The van der Waals surface area contributed by atoms with Gasteiger partial charge in [-0.05, 0) is 43.2 Å². The van der Waals surface area contributed by atoms with E-state index in [4.69, 9.17) is 5.26 Å². The Balaban J connectivity index is 2.04. The van der Waals surface area contributed by atoms with Crippen molar-refractivity contribution in [3.05, 3.63) is 69.4 Å². The molecule has 0 saturated carbocycles. The minimum absolute atomic E-state index is 0.0677. The van der Waals surface area contributed by atoms with Gasteiger partial charge in [0.1, 0.15) is 5.52 Å². The molecule has 3 rings (SSSR count). The highest BCUT2D eigenvalue weighted by molar-refractivity contribution is 5.45. The van der Waals surface area contributed by atoms with Crippen LogP contribution in [0.1, 0.15) is 22.4 Å². The number of nitrogens with zero attached hydrogens (tertiary/aromatic N) is 4. The summed E-state index contributed by atoms with van der Waals surface area (Å²) in [4.78, 5) is 12.4. The first-order valence-electron chi connectivity index (χ1n) is 6.63. The number of rotatable bonds is 2. The number of nitriles is 1. The van der Waals surface area contributed by atoms with Gasteiger partial charge < -0.3 is 4.57 Å². The van der Waals surface area contributed by atoms with Gasteiger partial charge in [-0.2, -0.15) is 10.4 Å². The molecule has 0 atom stereocenters. The first-order valence-corrected chi connectivity index (χ1v) is 6.63. The summed E-state index contributed by atoms with van der Waals surface area (Å²) in [6.07, 6.45) is 3.52. The first-order chi connectivity index (χ1) is 10.1. The molecular formula is C16H14N4O. The number of hydrogen-bond donors (Lipinski definition) is 0. The molecule has 0 N–H and O–H groups in total. The maximum atomic E-state index is 12.4. The summed E-state index contributed by atoms with van der Waals surface area (Å²) >= 11 is 0. The normalized spacial score (nSPS) is 10.7. The Morgan fingerprint density at radius 2 is 2.05 bits per heavy atom. The molecule has 5 nitrogen and oxygen atoms in total. The summed E-state index contributed by atoms with van der Waals surface area (Å²) in [5.74, 6) is 0. The Morgan fingerprint density at radius 1 is 1.24 bits per heavy atom. The molecule has 104 valence electrons. The van der Waals surface area contributed by atoms with E-state index in [0.29, 0.717) is 17.6 Å². The van der Waals surface area contributed by atoms with E-state index in [9.17, 15) is 4.79 Å². The molecule has 0 bridgehead atoms. The van der Waals surface area contributed by atoms with Gasteiger partial charge in [0.05, 0.1) is 23.9 Å². The second kappa shape index (κ2) is 4.91. The van der Waals surface area contributed by atoms with Gasteiger partial charge in [0.2, 0.25) is 0 Å². The van der Waals surface area contributed by atoms with Crippen molar-refractivity contribution in [2.24, 2.45) is 0 Å². The van der Waals surface area contributed by atoms with Crippen LogP contribution in [0.4, 0.5) is 0 Å². The van der Waals surface area contributed by atoms with Crippen molar-refractivity contribution in [2.75, 3.05) is 0 Å². The molecule has 0 aliphatic carbocycles. The number of benzene rings is 1. The molecule has 0 spiro atoms. The Kier molecular flexibility index (Phi) is 3.07. The van der Waals surface area contributed by atoms with Crippen LogP contribution in [0.15, 0.2) is 41.5 Å². The zero-order valence-electron chi connectivity index (χ0n) is 11.9. The number of aromatic nitrogens is 3. The molecule has 5 heteroatoms. The van der Waals surface area contributed by atoms with Crippen molar-refractivity contribution >= 4 is 5.52 Å². The SMILES string of the molecule is Cc1cc2c(=O)n(Cc3ccc(C#N)cc3C)ccn2n1. The zero-order valence-corrected chi connectivity index (χ0v) is 11.9. The van der Waals surface area contributed by atoms with Gasteiger partial charge in [-0.3, -0.25) is 4.79 Å². The fraction of sp³-hybridized carbons (Fsp3) is 0.188. The van der Waals surface area contributed by atoms with Crippen LogP contribution in [0.25, 0.3) is 5.52 Å². The van der Waals surface area contributed by atoms with Crippen LogP contribution in [0.2, 0.25) is 0 Å². The Bertz CT molecular complexity index is 928. The molecule has 1 aromatic carbocycles. The van der Waals surface area contributed by atoms with Crippen LogP contribution in [0, 0.1) is 25.2 Å². The van der Waals surface area contributed by atoms with Gasteiger partial charge in [-0.1, -0.05) is 6.07 Å². The molecule has 0 aliphatic rings. The van der Waals surface area contributed by atoms with Gasteiger partial charge in [0.25, 0.3) is 5.56 Å². The highest BCUT2D eigenvalue weighted by Gasteiger charge is 2.07. The third kappa shape index (κ3) is 2.32. The highest BCUT2D eigenvalue weighted by atomic mass is 16.1. The van der Waals surface area contributed by atoms with E-state index < -0.39 is 0 Å². The predicted octanol–water partition coefficient (Wildman–Crippen LogP) is 2.03. The summed E-state index contributed by atoms with van der Waals surface area (Å²) < 4.78 is 3.25. The first kappa shape index (κ1) is 13.1. The standard InChI is InChI=1S/C16H14N4O/c1-11-7-13(9-17)3-4-14(11)10-19-5-6-20-15(16(19)21)8-12(2)18-20/h3-8H,10H2,1-2H3. The fourth-order valence-electron chi connectivity index (χ4n) is 2.40. The quantitative estimate of drug-likeness (QED) is 0.720. The third-order valence-electron chi connectivity index (χ3n) is 3.54. The van der Waals surface area contributed by atoms with Gasteiger partial charge >= 0.3 is 0 Å². The predicted molar refractivity (Wildman–Crippen MR) is 79.2 cm³/mol. The van der Waals surface area contributed by atoms with Gasteiger partial charge in [0.15, 0.2) is 0 Å². The molecule has 0 unspecified atom stereocenters. The number of fused-ring (bicyclic) bond motifs is 1. The second-order valence-corrected chi connectivity index (χ2v) is 5.10. The lowest BCUT2D eigenvalue weighted by atomic mass is 10.1. The summed E-state index contributed by atoms with van der Waals surface area (Å²) in [5.41, 5.74) is 3.98. The van der Waals surface area contributed by atoms with Crippen LogP contribution in [0.5, 0.6) is 0 Å². The van der Waals surface area contributed by atoms with Crippen molar-refractivity contribution in [3.8, 4) is 6.07 Å². The minimum Gasteiger partial charge on any atom is -0.308 e. The topological polar surface area (TPSA) is 63.1 Å². The highest BCUT2D eigenvalue weighted by Crippen LogP contribution is 2.12. The van der Waals surface area contributed by atoms with Gasteiger partial charge in [0, 0.05) is 12.4 Å². The molecule has 3 aromatic rings. The minimum atomic E-state index is -0.0677. The van der Waals surface area contributed by atoms with Crippen LogP contribution < -0.4 is 5.56 Å². The summed E-state index contributed by atoms with van der Waals surface area (Å²) in [6.45, 7) is 4.29. The lowest BCUT2D eigenvalue weighted by Crippen LogP contribution is -2.22. The van der Waals surface area contributed by atoms with Crippen molar-refractivity contribution in [3.63, 3.8) is 0 Å². The smallest absolute Gasteiger partial charge is 0.276 e. The van der Waals surface area contributed by atoms with Crippen LogP contribution in [-0.2, 0) is 6.54 Å². The molecule has 2 heterocycles. The van der Waals surface area contributed by atoms with Crippen LogP contribution in [-0.4, -0.2) is 14.2 Å². The fourth-order valence-corrected chi connectivity index (χ4v) is 2.40. The van der Waals surface area contributed by atoms with E-state index in [1.165, 1.54) is 0 Å². The van der Waals surface area contributed by atoms with Crippen molar-refractivity contribution < 1.29 is 0 Å². The number of aryl methyl sites for hydroxylation is 2. The largest absolute Gasteiger partial charge is 0.308 e. The van der Waals surface area contributed by atoms with Crippen molar-refractivity contribution in [2.45, 2.75) is 20.4 Å². The van der Waals surface area contributed by atoms with Crippen LogP contribution in [0.3, 0.4) is 0 Å². The summed E-state index contributed by atoms with van der Waals surface area (Å²) in [7, 11) is 0. The molecule has 2 aromatic heterocycles. The van der Waals surface area contributed by atoms with E-state index in [-0.39, 0.29) is 5.56 Å².